The summed E-state index contributed by atoms with van der Waals surface area (Å²) in [4.78, 5) is 0. The number of thiocarbonyl (C=S) groups is 1. The predicted molar refractivity (Wildman–Crippen MR) is 52.3 cm³/mol. The Bertz CT molecular complexity index is 363. The highest BCUT2D eigenvalue weighted by molar-refractivity contribution is 7.80. The molecule has 0 spiro atoms. The number of methoxy groups -OCH3 is 1. The number of hydrogen-bond donors (Lipinski definition) is 0. The fourth-order valence-corrected chi connectivity index (χ4v) is 0.951. The Morgan fingerprint density at radius 2 is 1.73 bits per heavy atom. The van der Waals surface area contributed by atoms with Gasteiger partial charge in [0.25, 0.3) is 5.05 Å². The first-order valence-corrected chi connectivity index (χ1v) is 4.28. The van der Waals surface area contributed by atoms with Crippen LogP contribution in [0.3, 0.4) is 0 Å². The highest BCUT2D eigenvalue weighted by Crippen LogP contribution is 2.29. The molecule has 0 aliphatic heterocycles. The normalized spacial score (nSPS) is 10.9. The van der Waals surface area contributed by atoms with Crippen LogP contribution in [0, 0.1) is 0 Å². The largest absolute Gasteiger partial charge is 0.493 e. The molecule has 0 aliphatic carbocycles. The Balaban J connectivity index is 2.85. The molecule has 1 aromatic carbocycles. The Morgan fingerprint density at radius 1 is 1.20 bits per heavy atom. The topological polar surface area (TPSA) is 18.5 Å². The monoisotopic (exact) mass is 236 g/mol. The number of benzene rings is 1. The lowest BCUT2D eigenvalue weighted by Crippen LogP contribution is -2.26. The number of alkyl halides is 3. The van der Waals surface area contributed by atoms with Gasteiger partial charge in [0, 0.05) is 0 Å². The summed E-state index contributed by atoms with van der Waals surface area (Å²) in [5.74, 6) is 0.145. The maximum Gasteiger partial charge on any atom is 0.460 e. The zero-order valence-electron chi connectivity index (χ0n) is 7.67. The molecule has 6 heteroatoms. The van der Waals surface area contributed by atoms with E-state index in [4.69, 9.17) is 4.74 Å². The van der Waals surface area contributed by atoms with Gasteiger partial charge >= 0.3 is 6.18 Å². The van der Waals surface area contributed by atoms with Crippen LogP contribution in [0.2, 0.25) is 0 Å². The molecule has 1 aromatic rings. The minimum atomic E-state index is -4.64. The van der Waals surface area contributed by atoms with Crippen LogP contribution in [0.5, 0.6) is 11.5 Å². The number of ether oxygens (including phenoxy) is 2. The summed E-state index contributed by atoms with van der Waals surface area (Å²) in [6, 6.07) is 5.96. The van der Waals surface area contributed by atoms with Gasteiger partial charge in [-0.25, -0.2) is 0 Å². The van der Waals surface area contributed by atoms with Gasteiger partial charge in [-0.15, -0.1) is 0 Å². The van der Waals surface area contributed by atoms with E-state index in [2.05, 4.69) is 17.0 Å². The molecule has 0 N–H and O–H groups in total. The summed E-state index contributed by atoms with van der Waals surface area (Å²) in [5, 5.41) is -1.44. The van der Waals surface area contributed by atoms with Crippen molar-refractivity contribution in [2.75, 3.05) is 7.11 Å². The van der Waals surface area contributed by atoms with Gasteiger partial charge in [-0.1, -0.05) is 12.1 Å². The maximum atomic E-state index is 12.1. The molecule has 0 radical (unpaired) electrons. The van der Waals surface area contributed by atoms with Crippen molar-refractivity contribution in [1.82, 2.24) is 0 Å². The molecule has 0 saturated heterocycles. The van der Waals surface area contributed by atoms with Crippen molar-refractivity contribution in [1.29, 1.82) is 0 Å². The zero-order valence-corrected chi connectivity index (χ0v) is 8.48. The van der Waals surface area contributed by atoms with Crippen LogP contribution in [0.25, 0.3) is 0 Å². The van der Waals surface area contributed by atoms with Crippen molar-refractivity contribution in [2.24, 2.45) is 0 Å². The van der Waals surface area contributed by atoms with Crippen LogP contribution in [-0.4, -0.2) is 18.3 Å². The second kappa shape index (κ2) is 4.48. The van der Waals surface area contributed by atoms with E-state index in [1.165, 1.54) is 25.3 Å². The minimum Gasteiger partial charge on any atom is -0.493 e. The van der Waals surface area contributed by atoms with Crippen molar-refractivity contribution in [3.8, 4) is 11.5 Å². The van der Waals surface area contributed by atoms with Crippen LogP contribution < -0.4 is 9.47 Å². The highest BCUT2D eigenvalue weighted by atomic mass is 32.1. The number of para-hydroxylation sites is 2. The van der Waals surface area contributed by atoms with E-state index in [1.807, 2.05) is 0 Å². The third-order valence-corrected chi connectivity index (χ3v) is 1.82. The molecule has 0 aliphatic rings. The second-order valence-corrected chi connectivity index (χ2v) is 2.91. The third kappa shape index (κ3) is 3.09. The van der Waals surface area contributed by atoms with Crippen LogP contribution in [0.15, 0.2) is 24.3 Å². The highest BCUT2D eigenvalue weighted by Gasteiger charge is 2.37. The van der Waals surface area contributed by atoms with Gasteiger partial charge in [0.15, 0.2) is 11.5 Å². The zero-order chi connectivity index (χ0) is 11.5. The van der Waals surface area contributed by atoms with Crippen LogP contribution in [0.4, 0.5) is 13.2 Å². The number of hydrogen-bond acceptors (Lipinski definition) is 3. The molecule has 0 fully saturated rings. The van der Waals surface area contributed by atoms with E-state index in [-0.39, 0.29) is 11.5 Å². The van der Waals surface area contributed by atoms with Crippen molar-refractivity contribution in [2.45, 2.75) is 6.18 Å². The SMILES string of the molecule is COc1ccccc1OC(=S)C(F)(F)F. The summed E-state index contributed by atoms with van der Waals surface area (Å²) in [6.45, 7) is 0. The lowest BCUT2D eigenvalue weighted by Gasteiger charge is -2.12. The predicted octanol–water partition coefficient (Wildman–Crippen LogP) is 2.96. The second-order valence-electron chi connectivity index (χ2n) is 2.54. The van der Waals surface area contributed by atoms with Gasteiger partial charge in [0.2, 0.25) is 0 Å². The average molecular weight is 236 g/mol. The van der Waals surface area contributed by atoms with Crippen LogP contribution in [-0.2, 0) is 0 Å². The van der Waals surface area contributed by atoms with E-state index >= 15 is 0 Å². The molecule has 0 bridgehead atoms. The molecule has 0 saturated carbocycles. The van der Waals surface area contributed by atoms with Gasteiger partial charge in [0.05, 0.1) is 7.11 Å². The first-order valence-electron chi connectivity index (χ1n) is 3.87. The summed E-state index contributed by atoms with van der Waals surface area (Å²) < 4.78 is 45.5. The molecule has 0 amide bonds. The van der Waals surface area contributed by atoms with Crippen molar-refractivity contribution in [3.05, 3.63) is 24.3 Å². The molecule has 0 heterocycles. The standard InChI is InChI=1S/C9H7F3O2S/c1-13-6-4-2-3-5-7(6)14-8(15)9(10,11)12/h2-5H,1H3. The Hall–Kier alpha value is -1.30. The Morgan fingerprint density at radius 3 is 2.20 bits per heavy atom. The Kier molecular flexibility index (Phi) is 3.52. The van der Waals surface area contributed by atoms with Crippen molar-refractivity contribution >= 4 is 17.3 Å². The van der Waals surface area contributed by atoms with Crippen molar-refractivity contribution in [3.63, 3.8) is 0 Å². The van der Waals surface area contributed by atoms with Gasteiger partial charge in [0.1, 0.15) is 0 Å². The molecular formula is C9H7F3O2S. The lowest BCUT2D eigenvalue weighted by atomic mass is 10.3. The van der Waals surface area contributed by atoms with Gasteiger partial charge < -0.3 is 9.47 Å². The summed E-state index contributed by atoms with van der Waals surface area (Å²) in [5.41, 5.74) is 0. The molecule has 0 unspecified atom stereocenters. The molecule has 1 rings (SSSR count). The number of halogens is 3. The smallest absolute Gasteiger partial charge is 0.460 e. The van der Waals surface area contributed by atoms with E-state index < -0.39 is 11.2 Å². The molecule has 82 valence electrons. The maximum absolute atomic E-state index is 12.1. The molecule has 0 atom stereocenters. The van der Waals surface area contributed by atoms with Gasteiger partial charge in [-0.3, -0.25) is 0 Å². The van der Waals surface area contributed by atoms with Crippen molar-refractivity contribution < 1.29 is 22.6 Å². The summed E-state index contributed by atoms with van der Waals surface area (Å²) in [6.07, 6.45) is -4.64. The molecular weight excluding hydrogens is 229 g/mol. The van der Waals surface area contributed by atoms with E-state index in [1.54, 1.807) is 6.07 Å². The molecule has 0 aromatic heterocycles. The third-order valence-electron chi connectivity index (χ3n) is 1.50. The first-order chi connectivity index (χ1) is 6.95. The van der Waals surface area contributed by atoms with E-state index in [0.717, 1.165) is 0 Å². The quantitative estimate of drug-likeness (QED) is 0.735. The van der Waals surface area contributed by atoms with Gasteiger partial charge in [-0.2, -0.15) is 13.2 Å². The average Bonchev–Trinajstić information content (AvgIpc) is 2.17. The minimum absolute atomic E-state index is 0.0534. The van der Waals surface area contributed by atoms with E-state index in [9.17, 15) is 13.2 Å². The van der Waals surface area contributed by atoms with E-state index in [0.29, 0.717) is 0 Å². The first kappa shape index (κ1) is 11.8. The Labute approximate surface area is 89.6 Å². The fourth-order valence-electron chi connectivity index (χ4n) is 0.861. The molecule has 15 heavy (non-hydrogen) atoms. The summed E-state index contributed by atoms with van der Waals surface area (Å²) >= 11 is 4.08. The molecule has 2 nitrogen and oxygen atoms in total. The van der Waals surface area contributed by atoms with Gasteiger partial charge in [-0.05, 0) is 24.4 Å². The van der Waals surface area contributed by atoms with Crippen LogP contribution >= 0.6 is 12.2 Å². The van der Waals surface area contributed by atoms with Crippen LogP contribution in [0.1, 0.15) is 0 Å². The lowest BCUT2D eigenvalue weighted by molar-refractivity contribution is -0.0677. The number of rotatable bonds is 2. The summed E-state index contributed by atoms with van der Waals surface area (Å²) in [7, 11) is 1.33. The fraction of sp³-hybridized carbons (Fsp3) is 0.222.